The number of hydrogen-bond donors (Lipinski definition) is 0. The molecule has 1 rings (SSSR count). The molecule has 1 atom stereocenters. The van der Waals surface area contributed by atoms with Crippen molar-refractivity contribution < 1.29 is 17.6 Å². The van der Waals surface area contributed by atoms with Crippen LogP contribution in [0.25, 0.3) is 5.70 Å². The third-order valence-corrected chi connectivity index (χ3v) is 3.81. The fourth-order valence-corrected chi connectivity index (χ4v) is 2.55. The molecule has 0 saturated carbocycles. The van der Waals surface area contributed by atoms with E-state index in [4.69, 9.17) is 0 Å². The number of nitrogens with zero attached hydrogens (tertiary/aromatic N) is 1. The molecule has 0 radical (unpaired) electrons. The Morgan fingerprint density at radius 2 is 1.90 bits per heavy atom. The van der Waals surface area contributed by atoms with Crippen LogP contribution in [0.1, 0.15) is 26.3 Å². The summed E-state index contributed by atoms with van der Waals surface area (Å²) >= 11 is 0.565. The van der Waals surface area contributed by atoms with E-state index in [2.05, 4.69) is 11.7 Å². The second kappa shape index (κ2) is 6.43. The van der Waals surface area contributed by atoms with Crippen molar-refractivity contribution in [1.29, 1.82) is 0 Å². The average molecular weight is 305 g/mol. The Bertz CT molecular complexity index is 530. The number of halogens is 4. The lowest BCUT2D eigenvalue weighted by Gasteiger charge is -2.18. The van der Waals surface area contributed by atoms with Gasteiger partial charge in [-0.15, -0.1) is 11.8 Å². The molecule has 0 amide bonds. The molecule has 1 nitrogen and oxygen atoms in total. The largest absolute Gasteiger partial charge is 0.400 e. The van der Waals surface area contributed by atoms with Crippen molar-refractivity contribution in [1.82, 2.24) is 0 Å². The van der Waals surface area contributed by atoms with E-state index >= 15 is 0 Å². The Hall–Kier alpha value is -1.30. The van der Waals surface area contributed by atoms with Gasteiger partial charge in [-0.25, -0.2) is 4.39 Å². The standard InChI is InChI=1S/C14H15F4NS/c1-8(2)13(19-4)11-6-5-10(15)7-12(11)20-9(3)14(16,17)18/h5-7,9H,4H2,1-3H3. The minimum Gasteiger partial charge on any atom is -0.264 e. The van der Waals surface area contributed by atoms with Crippen LogP contribution in [0.15, 0.2) is 33.7 Å². The number of alkyl halides is 3. The van der Waals surface area contributed by atoms with Gasteiger partial charge in [-0.1, -0.05) is 5.57 Å². The molecular formula is C14H15F4NS. The quantitative estimate of drug-likeness (QED) is 0.416. The molecule has 0 N–H and O–H groups in total. The molecule has 6 heteroatoms. The number of aliphatic imine (C=N–C) groups is 1. The normalized spacial score (nSPS) is 12.9. The fraction of sp³-hybridized carbons (Fsp3) is 0.357. The van der Waals surface area contributed by atoms with Crippen molar-refractivity contribution in [2.24, 2.45) is 4.99 Å². The van der Waals surface area contributed by atoms with Crippen LogP contribution in [-0.2, 0) is 0 Å². The van der Waals surface area contributed by atoms with Crippen LogP contribution in [0, 0.1) is 5.82 Å². The zero-order valence-corrected chi connectivity index (χ0v) is 12.2. The van der Waals surface area contributed by atoms with Gasteiger partial charge < -0.3 is 0 Å². The monoisotopic (exact) mass is 305 g/mol. The highest BCUT2D eigenvalue weighted by atomic mass is 32.2. The van der Waals surface area contributed by atoms with E-state index in [1.54, 1.807) is 13.8 Å². The van der Waals surface area contributed by atoms with E-state index in [0.29, 0.717) is 23.0 Å². The molecule has 0 heterocycles. The summed E-state index contributed by atoms with van der Waals surface area (Å²) in [5.41, 5.74) is 1.73. The van der Waals surface area contributed by atoms with Gasteiger partial charge in [-0.3, -0.25) is 4.99 Å². The Morgan fingerprint density at radius 1 is 1.30 bits per heavy atom. The van der Waals surface area contributed by atoms with Gasteiger partial charge in [0.05, 0.1) is 5.70 Å². The molecule has 0 aliphatic rings. The summed E-state index contributed by atoms with van der Waals surface area (Å²) in [6.07, 6.45) is -4.35. The zero-order valence-electron chi connectivity index (χ0n) is 11.4. The van der Waals surface area contributed by atoms with E-state index < -0.39 is 17.2 Å². The lowest BCUT2D eigenvalue weighted by Crippen LogP contribution is -2.22. The average Bonchev–Trinajstić information content (AvgIpc) is 2.31. The maximum atomic E-state index is 13.3. The SMILES string of the molecule is C=NC(=C(C)C)c1ccc(F)cc1SC(C)C(F)(F)F. The summed E-state index contributed by atoms with van der Waals surface area (Å²) in [4.78, 5) is 4.04. The van der Waals surface area contributed by atoms with Crippen LogP contribution in [0.5, 0.6) is 0 Å². The van der Waals surface area contributed by atoms with Crippen molar-refractivity contribution in [2.75, 3.05) is 0 Å². The van der Waals surface area contributed by atoms with Crippen molar-refractivity contribution in [3.8, 4) is 0 Å². The number of benzene rings is 1. The summed E-state index contributed by atoms with van der Waals surface area (Å²) in [6, 6.07) is 3.72. The highest BCUT2D eigenvalue weighted by Crippen LogP contribution is 2.39. The van der Waals surface area contributed by atoms with Gasteiger partial charge in [0.2, 0.25) is 0 Å². The van der Waals surface area contributed by atoms with E-state index in [0.717, 1.165) is 18.6 Å². The van der Waals surface area contributed by atoms with Crippen molar-refractivity contribution in [3.05, 3.63) is 35.2 Å². The van der Waals surface area contributed by atoms with Crippen LogP contribution < -0.4 is 0 Å². The summed E-state index contributed by atoms with van der Waals surface area (Å²) in [7, 11) is 0. The number of hydrogen-bond acceptors (Lipinski definition) is 2. The first-order valence-corrected chi connectivity index (χ1v) is 6.72. The zero-order chi connectivity index (χ0) is 15.5. The minimum absolute atomic E-state index is 0.207. The molecule has 110 valence electrons. The molecule has 0 saturated heterocycles. The first kappa shape index (κ1) is 16.8. The third kappa shape index (κ3) is 4.10. The molecule has 1 unspecified atom stereocenters. The molecule has 0 aromatic heterocycles. The molecule has 0 bridgehead atoms. The van der Waals surface area contributed by atoms with Crippen LogP contribution in [0.4, 0.5) is 17.6 Å². The van der Waals surface area contributed by atoms with E-state index in [1.807, 2.05) is 0 Å². The van der Waals surface area contributed by atoms with Crippen molar-refractivity contribution in [2.45, 2.75) is 37.1 Å². The summed E-state index contributed by atoms with van der Waals surface area (Å²) in [6.45, 7) is 8.01. The van der Waals surface area contributed by atoms with E-state index in [-0.39, 0.29) is 4.90 Å². The summed E-state index contributed by atoms with van der Waals surface area (Å²) in [5, 5.41) is -1.63. The fourth-order valence-electron chi connectivity index (χ4n) is 1.56. The van der Waals surface area contributed by atoms with Gasteiger partial charge in [0.15, 0.2) is 0 Å². The second-order valence-corrected chi connectivity index (χ2v) is 5.83. The van der Waals surface area contributed by atoms with E-state index in [9.17, 15) is 17.6 Å². The van der Waals surface area contributed by atoms with Crippen LogP contribution in [0.2, 0.25) is 0 Å². The Morgan fingerprint density at radius 3 is 2.35 bits per heavy atom. The first-order valence-electron chi connectivity index (χ1n) is 5.84. The minimum atomic E-state index is -4.35. The van der Waals surface area contributed by atoms with Gasteiger partial charge in [0.25, 0.3) is 0 Å². The smallest absolute Gasteiger partial charge is 0.264 e. The van der Waals surface area contributed by atoms with Crippen LogP contribution in [0.3, 0.4) is 0 Å². The Balaban J connectivity index is 3.28. The summed E-state index contributed by atoms with van der Waals surface area (Å²) < 4.78 is 51.2. The van der Waals surface area contributed by atoms with Gasteiger partial charge in [-0.2, -0.15) is 13.2 Å². The van der Waals surface area contributed by atoms with E-state index in [1.165, 1.54) is 12.1 Å². The van der Waals surface area contributed by atoms with Gasteiger partial charge >= 0.3 is 6.18 Å². The third-order valence-electron chi connectivity index (χ3n) is 2.60. The Labute approximate surface area is 119 Å². The lowest BCUT2D eigenvalue weighted by atomic mass is 10.1. The number of thioether (sulfide) groups is 1. The molecule has 0 aliphatic carbocycles. The summed E-state index contributed by atoms with van der Waals surface area (Å²) in [5.74, 6) is -0.581. The molecule has 1 aromatic rings. The lowest BCUT2D eigenvalue weighted by molar-refractivity contribution is -0.125. The highest BCUT2D eigenvalue weighted by molar-refractivity contribution is 8.00. The second-order valence-electron chi connectivity index (χ2n) is 4.45. The molecule has 1 aromatic carbocycles. The number of allylic oxidation sites excluding steroid dienone is 1. The molecule has 0 aliphatic heterocycles. The molecule has 20 heavy (non-hydrogen) atoms. The van der Waals surface area contributed by atoms with Crippen molar-refractivity contribution >= 4 is 24.2 Å². The maximum absolute atomic E-state index is 13.3. The molecule has 0 spiro atoms. The maximum Gasteiger partial charge on any atom is 0.400 e. The van der Waals surface area contributed by atoms with Crippen LogP contribution >= 0.6 is 11.8 Å². The van der Waals surface area contributed by atoms with Crippen LogP contribution in [-0.4, -0.2) is 18.1 Å². The topological polar surface area (TPSA) is 12.4 Å². The molecular weight excluding hydrogens is 290 g/mol. The number of rotatable bonds is 4. The Kier molecular flexibility index (Phi) is 5.39. The predicted molar refractivity (Wildman–Crippen MR) is 75.6 cm³/mol. The first-order chi connectivity index (χ1) is 9.16. The predicted octanol–water partition coefficient (Wildman–Crippen LogP) is 5.32. The molecule has 0 fully saturated rings. The van der Waals surface area contributed by atoms with Gasteiger partial charge in [0, 0.05) is 10.5 Å². The van der Waals surface area contributed by atoms with Crippen molar-refractivity contribution in [3.63, 3.8) is 0 Å². The van der Waals surface area contributed by atoms with Gasteiger partial charge in [-0.05, 0) is 45.7 Å². The highest BCUT2D eigenvalue weighted by Gasteiger charge is 2.37. The van der Waals surface area contributed by atoms with Gasteiger partial charge in [0.1, 0.15) is 11.1 Å².